The first-order valence-electron chi connectivity index (χ1n) is 8.80. The molecule has 26 heavy (non-hydrogen) atoms. The van der Waals surface area contributed by atoms with Crippen molar-refractivity contribution in [1.82, 2.24) is 10.1 Å². The van der Waals surface area contributed by atoms with Gasteiger partial charge in [-0.3, -0.25) is 0 Å². The number of fused-ring (bicyclic) bond motifs is 1. The predicted octanol–water partition coefficient (Wildman–Crippen LogP) is 3.99. The first-order chi connectivity index (χ1) is 12.8. The van der Waals surface area contributed by atoms with Gasteiger partial charge in [0, 0.05) is 24.6 Å². The summed E-state index contributed by atoms with van der Waals surface area (Å²) >= 11 is 0. The van der Waals surface area contributed by atoms with Crippen LogP contribution in [0.3, 0.4) is 0 Å². The van der Waals surface area contributed by atoms with Crippen molar-refractivity contribution < 1.29 is 14.0 Å². The number of anilines is 1. The first kappa shape index (κ1) is 16.4. The van der Waals surface area contributed by atoms with Crippen molar-refractivity contribution >= 4 is 5.69 Å². The number of ether oxygens (including phenoxy) is 2. The summed E-state index contributed by atoms with van der Waals surface area (Å²) in [4.78, 5) is 4.51. The standard InChI is InChI=1S/C20H21N3O3/c1-14(20-22-19(23-26-20)12-15-6-3-2-4-7-15)21-16-8-9-17-18(13-16)25-11-5-10-24-17/h2-4,6-9,13-14,21H,5,10-12H2,1H3. The lowest BCUT2D eigenvalue weighted by Crippen LogP contribution is -2.07. The summed E-state index contributed by atoms with van der Waals surface area (Å²) in [7, 11) is 0. The Balaban J connectivity index is 1.43. The number of nitrogens with one attached hydrogen (secondary N) is 1. The Morgan fingerprint density at radius 1 is 1.04 bits per heavy atom. The zero-order chi connectivity index (χ0) is 17.8. The van der Waals surface area contributed by atoms with Gasteiger partial charge in [0.2, 0.25) is 5.89 Å². The van der Waals surface area contributed by atoms with Crippen molar-refractivity contribution in [3.63, 3.8) is 0 Å². The number of hydrogen-bond donors (Lipinski definition) is 1. The Labute approximate surface area is 152 Å². The van der Waals surface area contributed by atoms with Crippen molar-refractivity contribution in [3.05, 3.63) is 65.8 Å². The summed E-state index contributed by atoms with van der Waals surface area (Å²) < 4.78 is 16.8. The molecule has 0 fully saturated rings. The van der Waals surface area contributed by atoms with Gasteiger partial charge in [0.05, 0.1) is 13.2 Å². The maximum atomic E-state index is 5.73. The molecule has 1 unspecified atom stereocenters. The maximum Gasteiger partial charge on any atom is 0.248 e. The molecule has 0 spiro atoms. The quantitative estimate of drug-likeness (QED) is 0.749. The lowest BCUT2D eigenvalue weighted by Gasteiger charge is -2.13. The average Bonchev–Trinajstić information content (AvgIpc) is 3.00. The molecule has 2 aromatic carbocycles. The molecule has 1 aliphatic rings. The predicted molar refractivity (Wildman–Crippen MR) is 97.6 cm³/mol. The number of nitrogens with zero attached hydrogens (tertiary/aromatic N) is 2. The van der Waals surface area contributed by atoms with Crippen LogP contribution in [0.15, 0.2) is 53.1 Å². The van der Waals surface area contributed by atoms with Crippen molar-refractivity contribution in [1.29, 1.82) is 0 Å². The van der Waals surface area contributed by atoms with E-state index in [4.69, 9.17) is 14.0 Å². The summed E-state index contributed by atoms with van der Waals surface area (Å²) in [5.41, 5.74) is 2.08. The third-order valence-electron chi connectivity index (χ3n) is 4.19. The van der Waals surface area contributed by atoms with Gasteiger partial charge in [0.25, 0.3) is 0 Å². The second kappa shape index (κ2) is 7.47. The van der Waals surface area contributed by atoms with E-state index in [0.717, 1.165) is 29.2 Å². The molecule has 6 nitrogen and oxygen atoms in total. The maximum absolute atomic E-state index is 5.73. The molecular weight excluding hydrogens is 330 g/mol. The van der Waals surface area contributed by atoms with E-state index < -0.39 is 0 Å². The third-order valence-corrected chi connectivity index (χ3v) is 4.19. The third kappa shape index (κ3) is 3.79. The molecule has 3 aromatic rings. The van der Waals surface area contributed by atoms with Gasteiger partial charge in [-0.05, 0) is 24.6 Å². The molecule has 1 aliphatic heterocycles. The normalized spacial score (nSPS) is 14.5. The second-order valence-electron chi connectivity index (χ2n) is 6.29. The minimum Gasteiger partial charge on any atom is -0.490 e. The highest BCUT2D eigenvalue weighted by molar-refractivity contribution is 5.55. The van der Waals surface area contributed by atoms with Crippen LogP contribution in [-0.4, -0.2) is 23.4 Å². The van der Waals surface area contributed by atoms with E-state index in [1.807, 2.05) is 43.3 Å². The SMILES string of the molecule is CC(Nc1ccc2c(c1)OCCCO2)c1nc(Cc2ccccc2)no1. The number of rotatable bonds is 5. The monoisotopic (exact) mass is 351 g/mol. The van der Waals surface area contributed by atoms with E-state index in [9.17, 15) is 0 Å². The van der Waals surface area contributed by atoms with E-state index in [2.05, 4.69) is 27.6 Å². The van der Waals surface area contributed by atoms with E-state index in [1.165, 1.54) is 0 Å². The molecule has 1 N–H and O–H groups in total. The van der Waals surface area contributed by atoms with Crippen LogP contribution >= 0.6 is 0 Å². The van der Waals surface area contributed by atoms with Gasteiger partial charge in [-0.15, -0.1) is 0 Å². The fourth-order valence-corrected chi connectivity index (χ4v) is 2.86. The number of benzene rings is 2. The Kier molecular flexibility index (Phi) is 4.73. The van der Waals surface area contributed by atoms with Gasteiger partial charge in [-0.1, -0.05) is 35.5 Å². The summed E-state index contributed by atoms with van der Waals surface area (Å²) in [6, 6.07) is 15.8. The Bertz CT molecular complexity index is 864. The second-order valence-corrected chi connectivity index (χ2v) is 6.29. The van der Waals surface area contributed by atoms with Gasteiger partial charge >= 0.3 is 0 Å². The van der Waals surface area contributed by atoms with E-state index in [0.29, 0.717) is 31.3 Å². The highest BCUT2D eigenvalue weighted by Crippen LogP contribution is 2.33. The summed E-state index contributed by atoms with van der Waals surface area (Å²) in [5.74, 6) is 2.78. The van der Waals surface area contributed by atoms with Crippen LogP contribution in [0.25, 0.3) is 0 Å². The van der Waals surface area contributed by atoms with E-state index in [1.54, 1.807) is 0 Å². The van der Waals surface area contributed by atoms with Crippen molar-refractivity contribution in [3.8, 4) is 11.5 Å². The molecule has 4 rings (SSSR count). The minimum absolute atomic E-state index is 0.114. The molecule has 134 valence electrons. The van der Waals surface area contributed by atoms with Crippen LogP contribution in [0.5, 0.6) is 11.5 Å². The van der Waals surface area contributed by atoms with Gasteiger partial charge < -0.3 is 19.3 Å². The van der Waals surface area contributed by atoms with Crippen LogP contribution in [0.4, 0.5) is 5.69 Å². The Morgan fingerprint density at radius 2 is 1.85 bits per heavy atom. The highest BCUT2D eigenvalue weighted by Gasteiger charge is 2.16. The lowest BCUT2D eigenvalue weighted by atomic mass is 10.1. The molecule has 6 heteroatoms. The van der Waals surface area contributed by atoms with Crippen molar-refractivity contribution in [2.75, 3.05) is 18.5 Å². The van der Waals surface area contributed by atoms with Gasteiger partial charge in [-0.2, -0.15) is 4.98 Å². The van der Waals surface area contributed by atoms with Crippen LogP contribution < -0.4 is 14.8 Å². The zero-order valence-electron chi connectivity index (χ0n) is 14.6. The molecule has 0 amide bonds. The summed E-state index contributed by atoms with van der Waals surface area (Å²) in [6.07, 6.45) is 1.54. The molecule has 0 aliphatic carbocycles. The largest absolute Gasteiger partial charge is 0.490 e. The zero-order valence-corrected chi connectivity index (χ0v) is 14.6. The fraction of sp³-hybridized carbons (Fsp3) is 0.300. The van der Waals surface area contributed by atoms with E-state index in [-0.39, 0.29) is 6.04 Å². The summed E-state index contributed by atoms with van der Waals surface area (Å²) in [6.45, 7) is 3.34. The molecular formula is C20H21N3O3. The summed E-state index contributed by atoms with van der Waals surface area (Å²) in [5, 5.41) is 7.46. The van der Waals surface area contributed by atoms with Gasteiger partial charge in [-0.25, -0.2) is 0 Å². The van der Waals surface area contributed by atoms with Crippen LogP contribution in [-0.2, 0) is 6.42 Å². The number of hydrogen-bond acceptors (Lipinski definition) is 6. The first-order valence-corrected chi connectivity index (χ1v) is 8.80. The lowest BCUT2D eigenvalue weighted by molar-refractivity contribution is 0.297. The van der Waals surface area contributed by atoms with Crippen molar-refractivity contribution in [2.24, 2.45) is 0 Å². The highest BCUT2D eigenvalue weighted by atomic mass is 16.5. The molecule has 1 atom stereocenters. The smallest absolute Gasteiger partial charge is 0.248 e. The molecule has 0 bridgehead atoms. The Hall–Kier alpha value is -3.02. The van der Waals surface area contributed by atoms with Crippen LogP contribution in [0.2, 0.25) is 0 Å². The topological polar surface area (TPSA) is 69.4 Å². The van der Waals surface area contributed by atoms with Crippen molar-refractivity contribution in [2.45, 2.75) is 25.8 Å². The molecule has 0 radical (unpaired) electrons. The average molecular weight is 351 g/mol. The Morgan fingerprint density at radius 3 is 2.69 bits per heavy atom. The van der Waals surface area contributed by atoms with Crippen LogP contribution in [0.1, 0.15) is 36.7 Å². The van der Waals surface area contributed by atoms with Crippen LogP contribution in [0, 0.1) is 0 Å². The molecule has 0 saturated heterocycles. The van der Waals surface area contributed by atoms with Gasteiger partial charge in [0.1, 0.15) is 6.04 Å². The molecule has 1 aromatic heterocycles. The molecule has 2 heterocycles. The van der Waals surface area contributed by atoms with E-state index >= 15 is 0 Å². The fourth-order valence-electron chi connectivity index (χ4n) is 2.86. The minimum atomic E-state index is -0.114. The molecule has 0 saturated carbocycles. The number of aromatic nitrogens is 2. The van der Waals surface area contributed by atoms with Gasteiger partial charge in [0.15, 0.2) is 17.3 Å².